The maximum Gasteiger partial charge on any atom is 0.387 e. The molecule has 2 aromatic rings. The minimum absolute atomic E-state index is 0.0824. The summed E-state index contributed by atoms with van der Waals surface area (Å²) in [6.07, 6.45) is 1.58. The van der Waals surface area contributed by atoms with Gasteiger partial charge in [-0.05, 0) is 36.4 Å². The van der Waals surface area contributed by atoms with E-state index in [4.69, 9.17) is 14.4 Å². The quantitative estimate of drug-likeness (QED) is 0.623. The highest BCUT2D eigenvalue weighted by Crippen LogP contribution is 2.15. The Bertz CT molecular complexity index is 785. The van der Waals surface area contributed by atoms with Crippen molar-refractivity contribution in [2.75, 3.05) is 13.2 Å². The highest BCUT2D eigenvalue weighted by Gasteiger charge is 2.18. The summed E-state index contributed by atoms with van der Waals surface area (Å²) in [6.45, 7) is -3.19. The van der Waals surface area contributed by atoms with Crippen LogP contribution in [0, 0.1) is 11.3 Å². The first-order valence-electron chi connectivity index (χ1n) is 7.88. The third-order valence-corrected chi connectivity index (χ3v) is 3.41. The second-order valence-electron chi connectivity index (χ2n) is 5.28. The normalized spacial score (nSPS) is 10.3. The highest BCUT2D eigenvalue weighted by atomic mass is 19.3. The van der Waals surface area contributed by atoms with Gasteiger partial charge in [0.1, 0.15) is 11.5 Å². The van der Waals surface area contributed by atoms with Crippen molar-refractivity contribution in [3.05, 3.63) is 54.0 Å². The lowest BCUT2D eigenvalue weighted by atomic mass is 10.2. The summed E-state index contributed by atoms with van der Waals surface area (Å²) in [6, 6.07) is 10.2. The number of benzene rings is 1. The lowest BCUT2D eigenvalue weighted by Gasteiger charge is -2.20. The fraction of sp³-hybridized carbons (Fsp3) is 0.278. The minimum atomic E-state index is -2.96. The minimum Gasteiger partial charge on any atom is -0.467 e. The number of rotatable bonds is 9. The molecule has 0 spiro atoms. The van der Waals surface area contributed by atoms with Crippen LogP contribution in [0.3, 0.4) is 0 Å². The van der Waals surface area contributed by atoms with Gasteiger partial charge in [-0.15, -0.1) is 0 Å². The summed E-state index contributed by atoms with van der Waals surface area (Å²) < 4.78 is 38.5. The van der Waals surface area contributed by atoms with Gasteiger partial charge >= 0.3 is 12.6 Å². The molecule has 9 heteroatoms. The first kappa shape index (κ1) is 19.9. The summed E-state index contributed by atoms with van der Waals surface area (Å²) in [5, 5.41) is 8.71. The molecule has 27 heavy (non-hydrogen) atoms. The Morgan fingerprint density at radius 3 is 2.56 bits per heavy atom. The van der Waals surface area contributed by atoms with Gasteiger partial charge < -0.3 is 18.8 Å². The molecular weight excluding hydrogens is 362 g/mol. The van der Waals surface area contributed by atoms with Crippen LogP contribution in [0.1, 0.15) is 22.5 Å². The number of ether oxygens (including phenoxy) is 2. The van der Waals surface area contributed by atoms with Crippen molar-refractivity contribution in [2.24, 2.45) is 0 Å². The Morgan fingerprint density at radius 2 is 1.96 bits per heavy atom. The lowest BCUT2D eigenvalue weighted by Crippen LogP contribution is -2.34. The average molecular weight is 378 g/mol. The number of halogens is 2. The van der Waals surface area contributed by atoms with Crippen molar-refractivity contribution in [1.29, 1.82) is 5.26 Å². The van der Waals surface area contributed by atoms with Crippen LogP contribution in [0.25, 0.3) is 0 Å². The Balaban J connectivity index is 1.91. The molecule has 7 nitrogen and oxygen atoms in total. The number of nitrogens with zero attached hydrogens (tertiary/aromatic N) is 2. The number of furan rings is 1. The molecule has 0 atom stereocenters. The van der Waals surface area contributed by atoms with Crippen molar-refractivity contribution in [3.63, 3.8) is 0 Å². The van der Waals surface area contributed by atoms with Crippen LogP contribution in [-0.2, 0) is 16.1 Å². The standard InChI is InChI=1S/C18H16F2N2O5/c19-18(20)27-14-6-4-13(5-7-14)17(24)26-12-16(23)22(9-2-8-21)11-15-3-1-10-25-15/h1,3-7,10,18H,2,9,11-12H2. The molecule has 0 saturated carbocycles. The average Bonchev–Trinajstić information content (AvgIpc) is 3.16. The van der Waals surface area contributed by atoms with Gasteiger partial charge in [0.25, 0.3) is 5.91 Å². The number of alkyl halides is 2. The zero-order valence-corrected chi connectivity index (χ0v) is 14.1. The zero-order chi connectivity index (χ0) is 19.6. The maximum absolute atomic E-state index is 12.3. The number of nitriles is 1. The van der Waals surface area contributed by atoms with E-state index in [1.54, 1.807) is 12.1 Å². The molecule has 1 heterocycles. The van der Waals surface area contributed by atoms with E-state index in [-0.39, 0.29) is 30.8 Å². The molecule has 0 unspecified atom stereocenters. The smallest absolute Gasteiger partial charge is 0.387 e. The van der Waals surface area contributed by atoms with E-state index in [9.17, 15) is 18.4 Å². The first-order chi connectivity index (χ1) is 13.0. The van der Waals surface area contributed by atoms with Gasteiger partial charge in [0.05, 0.1) is 30.9 Å². The van der Waals surface area contributed by atoms with Crippen LogP contribution < -0.4 is 4.74 Å². The predicted molar refractivity (Wildman–Crippen MR) is 87.7 cm³/mol. The molecule has 1 aromatic heterocycles. The summed E-state index contributed by atoms with van der Waals surface area (Å²) in [4.78, 5) is 25.6. The maximum atomic E-state index is 12.3. The van der Waals surface area contributed by atoms with Crippen molar-refractivity contribution in [3.8, 4) is 11.8 Å². The number of esters is 1. The van der Waals surface area contributed by atoms with E-state index in [0.29, 0.717) is 5.76 Å². The fourth-order valence-electron chi connectivity index (χ4n) is 2.14. The van der Waals surface area contributed by atoms with Crippen molar-refractivity contribution >= 4 is 11.9 Å². The van der Waals surface area contributed by atoms with Gasteiger partial charge in [-0.2, -0.15) is 14.0 Å². The highest BCUT2D eigenvalue weighted by molar-refractivity contribution is 5.91. The summed E-state index contributed by atoms with van der Waals surface area (Å²) in [5.74, 6) is -0.848. The molecule has 0 radical (unpaired) electrons. The van der Waals surface area contributed by atoms with Crippen molar-refractivity contribution in [2.45, 2.75) is 19.6 Å². The van der Waals surface area contributed by atoms with Gasteiger partial charge in [-0.1, -0.05) is 0 Å². The van der Waals surface area contributed by atoms with Crippen LogP contribution in [-0.4, -0.2) is 36.5 Å². The van der Waals surface area contributed by atoms with Crippen LogP contribution in [0.4, 0.5) is 8.78 Å². The molecule has 1 amide bonds. The van der Waals surface area contributed by atoms with Gasteiger partial charge in [0.15, 0.2) is 6.61 Å². The van der Waals surface area contributed by atoms with E-state index in [2.05, 4.69) is 4.74 Å². The topological polar surface area (TPSA) is 92.8 Å². The SMILES string of the molecule is N#CCCN(Cc1ccco1)C(=O)COC(=O)c1ccc(OC(F)F)cc1. The Labute approximate surface area is 153 Å². The predicted octanol–water partition coefficient (Wildman–Crippen LogP) is 2.98. The van der Waals surface area contributed by atoms with E-state index in [1.165, 1.54) is 35.4 Å². The zero-order valence-electron chi connectivity index (χ0n) is 14.1. The largest absolute Gasteiger partial charge is 0.467 e. The Hall–Kier alpha value is -3.41. The van der Waals surface area contributed by atoms with E-state index < -0.39 is 25.1 Å². The van der Waals surface area contributed by atoms with Crippen LogP contribution in [0.2, 0.25) is 0 Å². The number of amides is 1. The Kier molecular flexibility index (Phi) is 7.31. The number of carbonyl (C=O) groups is 2. The second-order valence-corrected chi connectivity index (χ2v) is 5.28. The van der Waals surface area contributed by atoms with Gasteiger partial charge in [0, 0.05) is 6.54 Å². The molecule has 0 aliphatic rings. The molecule has 0 aliphatic heterocycles. The molecule has 0 saturated heterocycles. The van der Waals surface area contributed by atoms with Gasteiger partial charge in [-0.25, -0.2) is 4.79 Å². The molecule has 0 bridgehead atoms. The number of hydrogen-bond acceptors (Lipinski definition) is 6. The van der Waals surface area contributed by atoms with Gasteiger partial charge in [-0.3, -0.25) is 4.79 Å². The third kappa shape index (κ3) is 6.43. The van der Waals surface area contributed by atoms with Crippen molar-refractivity contribution in [1.82, 2.24) is 4.90 Å². The molecule has 1 aromatic carbocycles. The first-order valence-corrected chi connectivity index (χ1v) is 7.88. The van der Waals surface area contributed by atoms with Gasteiger partial charge in [0.2, 0.25) is 0 Å². The van der Waals surface area contributed by atoms with E-state index in [1.807, 2.05) is 6.07 Å². The molecule has 142 valence electrons. The van der Waals surface area contributed by atoms with E-state index in [0.717, 1.165) is 0 Å². The molecule has 0 fully saturated rings. The number of carbonyl (C=O) groups excluding carboxylic acids is 2. The molecule has 0 aliphatic carbocycles. The molecule has 0 N–H and O–H groups in total. The molecule has 2 rings (SSSR count). The fourth-order valence-corrected chi connectivity index (χ4v) is 2.14. The second kappa shape index (κ2) is 9.91. The summed E-state index contributed by atoms with van der Waals surface area (Å²) in [7, 11) is 0. The third-order valence-electron chi connectivity index (χ3n) is 3.41. The molecular formula is C18H16F2N2O5. The van der Waals surface area contributed by atoms with E-state index >= 15 is 0 Å². The van der Waals surface area contributed by atoms with Crippen LogP contribution in [0.5, 0.6) is 5.75 Å². The Morgan fingerprint density at radius 1 is 1.22 bits per heavy atom. The van der Waals surface area contributed by atoms with Crippen LogP contribution in [0.15, 0.2) is 47.1 Å². The lowest BCUT2D eigenvalue weighted by molar-refractivity contribution is -0.135. The monoisotopic (exact) mass is 378 g/mol. The van der Waals surface area contributed by atoms with Crippen LogP contribution >= 0.6 is 0 Å². The summed E-state index contributed by atoms with van der Waals surface area (Å²) >= 11 is 0. The van der Waals surface area contributed by atoms with Crippen molar-refractivity contribution < 1.29 is 32.3 Å². The number of hydrogen-bond donors (Lipinski definition) is 0. The summed E-state index contributed by atoms with van der Waals surface area (Å²) in [5.41, 5.74) is 0.0824.